The van der Waals surface area contributed by atoms with Crippen molar-refractivity contribution in [3.05, 3.63) is 45.8 Å². The first-order valence-electron chi connectivity index (χ1n) is 11.2. The molecule has 0 bridgehead atoms. The first-order valence-corrected chi connectivity index (χ1v) is 12.0. The third-order valence-electron chi connectivity index (χ3n) is 5.74. The number of alkyl halides is 3. The van der Waals surface area contributed by atoms with Gasteiger partial charge in [0, 0.05) is 10.4 Å². The Kier molecular flexibility index (Phi) is 8.27. The molecule has 11 heteroatoms. The summed E-state index contributed by atoms with van der Waals surface area (Å²) >= 11 is 1.01. The van der Waals surface area contributed by atoms with Crippen LogP contribution < -0.4 is 15.4 Å². The molecule has 0 saturated heterocycles. The van der Waals surface area contributed by atoms with Crippen LogP contribution in [0.2, 0.25) is 0 Å². The van der Waals surface area contributed by atoms with Gasteiger partial charge in [0.15, 0.2) is 0 Å². The van der Waals surface area contributed by atoms with E-state index in [4.69, 9.17) is 9.47 Å². The van der Waals surface area contributed by atoms with Gasteiger partial charge in [0.2, 0.25) is 0 Å². The van der Waals surface area contributed by atoms with Crippen LogP contribution in [0.3, 0.4) is 0 Å². The molecule has 0 saturated carbocycles. The van der Waals surface area contributed by atoms with Gasteiger partial charge in [-0.3, -0.25) is 4.79 Å². The summed E-state index contributed by atoms with van der Waals surface area (Å²) in [6.07, 6.45) is -0.472. The van der Waals surface area contributed by atoms with E-state index in [2.05, 4.69) is 5.32 Å². The summed E-state index contributed by atoms with van der Waals surface area (Å²) < 4.78 is 53.6. The topological polar surface area (TPSA) is 100 Å². The molecule has 3 rings (SSSR count). The number of thiophene rings is 1. The third kappa shape index (κ3) is 5.53. The van der Waals surface area contributed by atoms with Crippen molar-refractivity contribution in [1.29, 1.82) is 5.26 Å². The van der Waals surface area contributed by atoms with Crippen LogP contribution in [0.15, 0.2) is 24.3 Å². The number of hydrogen-bond acceptors (Lipinski definition) is 7. The average Bonchev–Trinajstić information content (AvgIpc) is 3.12. The van der Waals surface area contributed by atoms with Crippen molar-refractivity contribution in [3.8, 4) is 11.8 Å². The lowest BCUT2D eigenvalue weighted by atomic mass is 9.97. The zero-order valence-corrected chi connectivity index (χ0v) is 20.2. The van der Waals surface area contributed by atoms with E-state index in [1.165, 1.54) is 38.3 Å². The lowest BCUT2D eigenvalue weighted by Crippen LogP contribution is -2.69. The SMILES string of the molecule is CCOC(=O)C(NC(=O)c1ccc(OC)cc1)(Nc1sc2c(c1C#N)CCCCCC2)C(F)(F)F. The number of halogens is 3. The van der Waals surface area contributed by atoms with E-state index in [9.17, 15) is 28.0 Å². The van der Waals surface area contributed by atoms with E-state index in [0.717, 1.165) is 41.9 Å². The van der Waals surface area contributed by atoms with Gasteiger partial charge in [0.1, 0.15) is 16.8 Å². The molecule has 188 valence electrons. The van der Waals surface area contributed by atoms with Crippen LogP contribution in [-0.2, 0) is 22.4 Å². The number of nitrogens with zero attached hydrogens (tertiary/aromatic N) is 1. The second-order valence-corrected chi connectivity index (χ2v) is 9.11. The normalized spacial score (nSPS) is 15.4. The Labute approximate surface area is 205 Å². The molecule has 1 aliphatic carbocycles. The van der Waals surface area contributed by atoms with Crippen LogP contribution in [0, 0.1) is 11.3 Å². The number of fused-ring (bicyclic) bond motifs is 1. The summed E-state index contributed by atoms with van der Waals surface area (Å²) in [6, 6.07) is 7.37. The molecule has 0 fully saturated rings. The van der Waals surface area contributed by atoms with Crippen LogP contribution in [0.4, 0.5) is 18.2 Å². The van der Waals surface area contributed by atoms with Gasteiger partial charge in [-0.2, -0.15) is 18.4 Å². The highest BCUT2D eigenvalue weighted by molar-refractivity contribution is 7.16. The minimum absolute atomic E-state index is 0.0588. The van der Waals surface area contributed by atoms with Gasteiger partial charge in [-0.1, -0.05) is 12.8 Å². The van der Waals surface area contributed by atoms with Crippen LogP contribution in [0.5, 0.6) is 5.75 Å². The number of nitriles is 1. The Bertz CT molecular complexity index is 1110. The highest BCUT2D eigenvalue weighted by Crippen LogP contribution is 2.41. The van der Waals surface area contributed by atoms with Crippen LogP contribution >= 0.6 is 11.3 Å². The van der Waals surface area contributed by atoms with Gasteiger partial charge in [0.05, 0.1) is 19.3 Å². The van der Waals surface area contributed by atoms with Crippen LogP contribution in [0.1, 0.15) is 59.0 Å². The first-order chi connectivity index (χ1) is 16.7. The number of carbonyl (C=O) groups is 2. The number of anilines is 1. The molecule has 0 aliphatic heterocycles. The molecule has 2 N–H and O–H groups in total. The molecule has 1 atom stereocenters. The number of aryl methyl sites for hydroxylation is 1. The third-order valence-corrected chi connectivity index (χ3v) is 6.95. The Morgan fingerprint density at radius 2 is 1.77 bits per heavy atom. The van der Waals surface area contributed by atoms with Gasteiger partial charge >= 0.3 is 17.8 Å². The predicted molar refractivity (Wildman–Crippen MR) is 124 cm³/mol. The van der Waals surface area contributed by atoms with Crippen molar-refractivity contribution in [2.45, 2.75) is 57.3 Å². The maximum atomic E-state index is 14.6. The number of nitrogens with one attached hydrogen (secondary N) is 2. The number of hydrogen-bond donors (Lipinski definition) is 2. The fourth-order valence-corrected chi connectivity index (χ4v) is 5.21. The number of carbonyl (C=O) groups excluding carboxylic acids is 2. The van der Waals surface area contributed by atoms with Crippen molar-refractivity contribution in [1.82, 2.24) is 5.32 Å². The molecule has 0 radical (unpaired) electrons. The maximum Gasteiger partial charge on any atom is 0.441 e. The van der Waals surface area contributed by atoms with Crippen LogP contribution in [-0.4, -0.2) is 37.4 Å². The van der Waals surface area contributed by atoms with Gasteiger partial charge in [-0.15, -0.1) is 11.3 Å². The smallest absolute Gasteiger partial charge is 0.441 e. The minimum atomic E-state index is -5.30. The summed E-state index contributed by atoms with van der Waals surface area (Å²) in [7, 11) is 1.41. The fraction of sp³-hybridized carbons (Fsp3) is 0.458. The molecule has 1 unspecified atom stereocenters. The number of amides is 1. The largest absolute Gasteiger partial charge is 0.497 e. The zero-order valence-electron chi connectivity index (χ0n) is 19.4. The lowest BCUT2D eigenvalue weighted by molar-refractivity contribution is -0.204. The zero-order chi connectivity index (χ0) is 25.6. The maximum absolute atomic E-state index is 14.6. The van der Waals surface area contributed by atoms with E-state index in [0.29, 0.717) is 24.2 Å². The highest BCUT2D eigenvalue weighted by Gasteiger charge is 2.64. The Hall–Kier alpha value is -3.26. The monoisotopic (exact) mass is 509 g/mol. The second-order valence-electron chi connectivity index (χ2n) is 8.01. The molecule has 1 aromatic heterocycles. The van der Waals surface area contributed by atoms with Gasteiger partial charge in [0.25, 0.3) is 5.91 Å². The van der Waals surface area contributed by atoms with E-state index >= 15 is 0 Å². The fourth-order valence-electron chi connectivity index (χ4n) is 3.91. The summed E-state index contributed by atoms with van der Waals surface area (Å²) in [4.78, 5) is 26.5. The lowest BCUT2D eigenvalue weighted by Gasteiger charge is -2.35. The standard InChI is InChI=1S/C24H26F3N3O4S/c1-3-34-22(32)23(24(25,26)27,29-20(31)15-10-12-16(33-2)13-11-15)30-21-18(14-28)17-8-6-4-5-7-9-19(17)35-21/h10-13,30H,3-9H2,1-2H3,(H,29,31). The van der Waals surface area contributed by atoms with Crippen molar-refractivity contribution < 1.29 is 32.2 Å². The predicted octanol–water partition coefficient (Wildman–Crippen LogP) is 4.95. The Balaban J connectivity index is 2.08. The number of esters is 1. The Morgan fingerprint density at radius 3 is 2.34 bits per heavy atom. The molecule has 35 heavy (non-hydrogen) atoms. The molecule has 1 heterocycles. The van der Waals surface area contributed by atoms with Crippen molar-refractivity contribution in [2.75, 3.05) is 19.0 Å². The number of benzene rings is 1. The molecule has 2 aromatic rings. The average molecular weight is 510 g/mol. The summed E-state index contributed by atoms with van der Waals surface area (Å²) in [5, 5.41) is 13.7. The quantitative estimate of drug-likeness (QED) is 0.405. The van der Waals surface area contributed by atoms with Crippen molar-refractivity contribution in [3.63, 3.8) is 0 Å². The van der Waals surface area contributed by atoms with E-state index in [1.54, 1.807) is 0 Å². The number of rotatable bonds is 7. The highest BCUT2D eigenvalue weighted by atomic mass is 32.1. The second kappa shape index (κ2) is 11.0. The first kappa shape index (κ1) is 26.3. The summed E-state index contributed by atoms with van der Waals surface area (Å²) in [5.74, 6) is -2.47. The minimum Gasteiger partial charge on any atom is -0.497 e. The number of methoxy groups -OCH3 is 1. The summed E-state index contributed by atoms with van der Waals surface area (Å²) in [5.41, 5.74) is -2.97. The van der Waals surface area contributed by atoms with Gasteiger partial charge in [-0.25, -0.2) is 4.79 Å². The molecule has 1 amide bonds. The van der Waals surface area contributed by atoms with Crippen molar-refractivity contribution in [2.24, 2.45) is 0 Å². The van der Waals surface area contributed by atoms with E-state index in [1.807, 2.05) is 11.4 Å². The molecule has 7 nitrogen and oxygen atoms in total. The Morgan fingerprint density at radius 1 is 1.11 bits per heavy atom. The summed E-state index contributed by atoms with van der Waals surface area (Å²) in [6.45, 7) is 1.02. The molecular weight excluding hydrogens is 483 g/mol. The molecule has 1 aromatic carbocycles. The molecule has 0 spiro atoms. The van der Waals surface area contributed by atoms with Gasteiger partial charge in [-0.05, 0) is 62.4 Å². The number of ether oxygens (including phenoxy) is 2. The molecular formula is C24H26F3N3O4S. The van der Waals surface area contributed by atoms with E-state index < -0.39 is 23.7 Å². The van der Waals surface area contributed by atoms with Crippen LogP contribution in [0.25, 0.3) is 0 Å². The molecule has 1 aliphatic rings. The van der Waals surface area contributed by atoms with Crippen molar-refractivity contribution >= 4 is 28.2 Å². The van der Waals surface area contributed by atoms with Gasteiger partial charge < -0.3 is 20.1 Å². The van der Waals surface area contributed by atoms with E-state index in [-0.39, 0.29) is 22.7 Å².